The van der Waals surface area contributed by atoms with Crippen LogP contribution in [0.5, 0.6) is 0 Å². The van der Waals surface area contributed by atoms with Crippen LogP contribution < -0.4 is 0 Å². The van der Waals surface area contributed by atoms with Gasteiger partial charge in [0.15, 0.2) is 9.84 Å². The van der Waals surface area contributed by atoms with E-state index < -0.39 is 15.1 Å². The molecule has 20 heavy (non-hydrogen) atoms. The average Bonchev–Trinajstić information content (AvgIpc) is 2.46. The third-order valence-electron chi connectivity index (χ3n) is 3.09. The fraction of sp³-hybridized carbons (Fsp3) is 0.176. The lowest BCUT2D eigenvalue weighted by Crippen LogP contribution is -2.13. The van der Waals surface area contributed by atoms with Gasteiger partial charge in [-0.3, -0.25) is 0 Å². The molecule has 0 bridgehead atoms. The van der Waals surface area contributed by atoms with Crippen LogP contribution in [0, 0.1) is 0 Å². The fourth-order valence-corrected chi connectivity index (χ4v) is 3.96. The number of hydrogen-bond donors (Lipinski definition) is 0. The molecule has 0 radical (unpaired) electrons. The van der Waals surface area contributed by atoms with Gasteiger partial charge in [-0.2, -0.15) is 0 Å². The Bertz CT molecular complexity index is 659. The molecule has 104 valence electrons. The highest BCUT2D eigenvalue weighted by Crippen LogP contribution is 2.27. The molecule has 0 aliphatic rings. The summed E-state index contributed by atoms with van der Waals surface area (Å²) >= 11 is 0. The molecule has 0 saturated heterocycles. The Balaban J connectivity index is 2.34. The second-order valence-electron chi connectivity index (χ2n) is 4.65. The van der Waals surface area contributed by atoms with Gasteiger partial charge in [-0.05, 0) is 18.1 Å². The molecular formula is C17H18O2S. The van der Waals surface area contributed by atoms with Gasteiger partial charge in [0.2, 0.25) is 0 Å². The summed E-state index contributed by atoms with van der Waals surface area (Å²) < 4.78 is 25.3. The van der Waals surface area contributed by atoms with E-state index in [2.05, 4.69) is 0 Å². The van der Waals surface area contributed by atoms with Crippen molar-refractivity contribution in [1.82, 2.24) is 0 Å². The summed E-state index contributed by atoms with van der Waals surface area (Å²) in [6, 6.07) is 18.6. The van der Waals surface area contributed by atoms with Gasteiger partial charge in [-0.25, -0.2) is 8.42 Å². The molecule has 0 amide bonds. The Morgan fingerprint density at radius 3 is 2.05 bits per heavy atom. The van der Waals surface area contributed by atoms with Gasteiger partial charge in [0.25, 0.3) is 0 Å². The minimum Gasteiger partial charge on any atom is -0.228 e. The summed E-state index contributed by atoms with van der Waals surface area (Å²) in [6.45, 7) is 1.84. The van der Waals surface area contributed by atoms with Gasteiger partial charge in [0.1, 0.15) is 5.25 Å². The van der Waals surface area contributed by atoms with Crippen molar-refractivity contribution in [3.8, 4) is 0 Å². The lowest BCUT2D eigenvalue weighted by Gasteiger charge is -2.14. The maximum atomic E-state index is 12.6. The second kappa shape index (κ2) is 6.53. The maximum Gasteiger partial charge on any atom is 0.165 e. The third-order valence-corrected chi connectivity index (χ3v) is 5.03. The van der Waals surface area contributed by atoms with Crippen LogP contribution in [0.4, 0.5) is 0 Å². The molecule has 2 aromatic rings. The maximum absolute atomic E-state index is 12.6. The van der Waals surface area contributed by atoms with Crippen LogP contribution in [0.3, 0.4) is 0 Å². The number of hydrogen-bond acceptors (Lipinski definition) is 2. The van der Waals surface area contributed by atoms with Crippen LogP contribution in [-0.2, 0) is 15.6 Å². The van der Waals surface area contributed by atoms with Crippen molar-refractivity contribution in [3.63, 3.8) is 0 Å². The predicted octanol–water partition coefficient (Wildman–Crippen LogP) is 3.92. The third kappa shape index (κ3) is 3.58. The highest BCUT2D eigenvalue weighted by atomic mass is 32.2. The van der Waals surface area contributed by atoms with E-state index in [1.807, 2.05) is 67.6 Å². The molecule has 2 nitrogen and oxygen atoms in total. The minimum absolute atomic E-state index is 0.0533. The molecular weight excluding hydrogens is 268 g/mol. The van der Waals surface area contributed by atoms with Gasteiger partial charge in [0, 0.05) is 0 Å². The molecule has 0 aromatic heterocycles. The Hall–Kier alpha value is -1.87. The van der Waals surface area contributed by atoms with Crippen LogP contribution in [0.25, 0.3) is 0 Å². The molecule has 1 unspecified atom stereocenters. The zero-order valence-corrected chi connectivity index (χ0v) is 12.3. The van der Waals surface area contributed by atoms with Crippen molar-refractivity contribution < 1.29 is 8.42 Å². The monoisotopic (exact) mass is 286 g/mol. The largest absolute Gasteiger partial charge is 0.228 e. The van der Waals surface area contributed by atoms with Crippen molar-refractivity contribution in [2.45, 2.75) is 17.9 Å². The molecule has 0 fully saturated rings. The topological polar surface area (TPSA) is 34.1 Å². The predicted molar refractivity (Wildman–Crippen MR) is 83.1 cm³/mol. The van der Waals surface area contributed by atoms with Crippen molar-refractivity contribution in [3.05, 3.63) is 83.9 Å². The normalized spacial score (nSPS) is 13.4. The van der Waals surface area contributed by atoms with Gasteiger partial charge in [0.05, 0.1) is 5.75 Å². The van der Waals surface area contributed by atoms with Gasteiger partial charge in [-0.1, -0.05) is 72.8 Å². The summed E-state index contributed by atoms with van der Waals surface area (Å²) in [4.78, 5) is 0. The summed E-state index contributed by atoms with van der Waals surface area (Å²) in [7, 11) is -3.28. The van der Waals surface area contributed by atoms with Crippen LogP contribution in [0.15, 0.2) is 72.8 Å². The van der Waals surface area contributed by atoms with Crippen LogP contribution >= 0.6 is 0 Å². The van der Waals surface area contributed by atoms with Gasteiger partial charge < -0.3 is 0 Å². The summed E-state index contributed by atoms with van der Waals surface area (Å²) in [6.07, 6.45) is 3.54. The first-order valence-corrected chi connectivity index (χ1v) is 8.28. The lowest BCUT2D eigenvalue weighted by molar-refractivity contribution is 0.589. The first-order valence-electron chi connectivity index (χ1n) is 6.57. The van der Waals surface area contributed by atoms with Crippen LogP contribution in [0.1, 0.15) is 23.3 Å². The fourth-order valence-electron chi connectivity index (χ4n) is 2.15. The number of sulfone groups is 1. The first-order chi connectivity index (χ1) is 9.63. The number of allylic oxidation sites excluding steroid dienone is 1. The van der Waals surface area contributed by atoms with Crippen LogP contribution in [-0.4, -0.2) is 8.42 Å². The average molecular weight is 286 g/mol. The van der Waals surface area contributed by atoms with Gasteiger partial charge in [-0.15, -0.1) is 0 Å². The molecule has 0 spiro atoms. The molecule has 0 N–H and O–H groups in total. The van der Waals surface area contributed by atoms with E-state index in [0.29, 0.717) is 0 Å². The molecule has 0 saturated carbocycles. The highest BCUT2D eigenvalue weighted by Gasteiger charge is 2.24. The number of benzene rings is 2. The Kier molecular flexibility index (Phi) is 4.74. The van der Waals surface area contributed by atoms with Crippen molar-refractivity contribution in [2.24, 2.45) is 0 Å². The van der Waals surface area contributed by atoms with Crippen molar-refractivity contribution in [2.75, 3.05) is 0 Å². The zero-order valence-electron chi connectivity index (χ0n) is 11.4. The van der Waals surface area contributed by atoms with E-state index in [1.165, 1.54) is 0 Å². The molecule has 0 aliphatic carbocycles. The van der Waals surface area contributed by atoms with Gasteiger partial charge >= 0.3 is 0 Å². The van der Waals surface area contributed by atoms with E-state index in [1.54, 1.807) is 12.2 Å². The Morgan fingerprint density at radius 2 is 1.50 bits per heavy atom. The Labute approximate surface area is 120 Å². The summed E-state index contributed by atoms with van der Waals surface area (Å²) in [5, 5.41) is -0.589. The van der Waals surface area contributed by atoms with Crippen molar-refractivity contribution in [1.29, 1.82) is 0 Å². The lowest BCUT2D eigenvalue weighted by atomic mass is 10.1. The van der Waals surface area contributed by atoms with E-state index in [-0.39, 0.29) is 5.75 Å². The molecule has 0 aliphatic heterocycles. The standard InChI is InChI=1S/C17H18O2S/c1-2-9-17(16-12-7-4-8-13-16)20(18,19)14-15-10-5-3-6-11-15/h2-13,17H,14H2,1H3/b9-2+. The number of rotatable bonds is 5. The van der Waals surface area contributed by atoms with E-state index >= 15 is 0 Å². The molecule has 2 aromatic carbocycles. The SMILES string of the molecule is C/C=C/C(c1ccccc1)S(=O)(=O)Cc1ccccc1. The van der Waals surface area contributed by atoms with Crippen molar-refractivity contribution >= 4 is 9.84 Å². The van der Waals surface area contributed by atoms with E-state index in [9.17, 15) is 8.42 Å². The quantitative estimate of drug-likeness (QED) is 0.781. The smallest absolute Gasteiger partial charge is 0.165 e. The van der Waals surface area contributed by atoms with E-state index in [4.69, 9.17) is 0 Å². The Morgan fingerprint density at radius 1 is 0.950 bits per heavy atom. The summed E-state index contributed by atoms with van der Waals surface area (Å²) in [5.41, 5.74) is 1.62. The van der Waals surface area contributed by atoms with Crippen LogP contribution in [0.2, 0.25) is 0 Å². The van der Waals surface area contributed by atoms with E-state index in [0.717, 1.165) is 11.1 Å². The second-order valence-corrected chi connectivity index (χ2v) is 6.77. The minimum atomic E-state index is -3.28. The zero-order chi connectivity index (χ0) is 14.4. The molecule has 2 rings (SSSR count). The summed E-state index contributed by atoms with van der Waals surface area (Å²) in [5.74, 6) is 0.0533. The molecule has 0 heterocycles. The first kappa shape index (κ1) is 14.5. The highest BCUT2D eigenvalue weighted by molar-refractivity contribution is 7.91. The molecule has 1 atom stereocenters. The molecule has 3 heteroatoms.